The van der Waals surface area contributed by atoms with Crippen LogP contribution in [0.15, 0.2) is 42.5 Å². The molecule has 0 aromatic heterocycles. The average molecular weight is 391 g/mol. The van der Waals surface area contributed by atoms with Crippen LogP contribution in [-0.4, -0.2) is 42.0 Å². The average Bonchev–Trinajstić information content (AvgIpc) is 3.09. The minimum Gasteiger partial charge on any atom is -0.453 e. The first-order valence-corrected chi connectivity index (χ1v) is 11.0. The van der Waals surface area contributed by atoms with Gasteiger partial charge in [-0.05, 0) is 69.9 Å². The maximum atomic E-state index is 8.60. The van der Waals surface area contributed by atoms with E-state index in [4.69, 9.17) is 10.1 Å². The Balaban J connectivity index is 1.54. The Morgan fingerprint density at radius 1 is 1.03 bits per heavy atom. The van der Waals surface area contributed by atoms with E-state index in [-0.39, 0.29) is 0 Å². The second kappa shape index (κ2) is 7.38. The van der Waals surface area contributed by atoms with Gasteiger partial charge in [-0.25, -0.2) is 0 Å². The summed E-state index contributed by atoms with van der Waals surface area (Å²) < 4.78 is 6.33. The van der Waals surface area contributed by atoms with Gasteiger partial charge in [0.1, 0.15) is 5.84 Å². The first-order valence-electron chi connectivity index (χ1n) is 11.0. The molecule has 2 atom stereocenters. The highest BCUT2D eigenvalue weighted by Crippen LogP contribution is 2.50. The number of anilines is 2. The van der Waals surface area contributed by atoms with E-state index in [1.165, 1.54) is 25.7 Å². The van der Waals surface area contributed by atoms with Crippen LogP contribution in [0.5, 0.6) is 11.5 Å². The lowest BCUT2D eigenvalue weighted by atomic mass is 9.95. The molecular formula is C24H30N4O. The van der Waals surface area contributed by atoms with Crippen molar-refractivity contribution in [2.24, 2.45) is 0 Å². The minimum absolute atomic E-state index is 0.477. The monoisotopic (exact) mass is 390 g/mol. The lowest BCUT2D eigenvalue weighted by molar-refractivity contribution is 0.353. The van der Waals surface area contributed by atoms with Gasteiger partial charge in [-0.1, -0.05) is 12.1 Å². The van der Waals surface area contributed by atoms with Crippen LogP contribution in [-0.2, 0) is 0 Å². The molecule has 3 heterocycles. The highest BCUT2D eigenvalue weighted by molar-refractivity contribution is 5.98. The number of para-hydroxylation sites is 2. The second-order valence-electron chi connectivity index (χ2n) is 8.41. The number of piperidine rings is 1. The second-order valence-corrected chi connectivity index (χ2v) is 8.41. The van der Waals surface area contributed by atoms with Crippen LogP contribution >= 0.6 is 0 Å². The van der Waals surface area contributed by atoms with E-state index in [2.05, 4.69) is 65.4 Å². The van der Waals surface area contributed by atoms with Gasteiger partial charge >= 0.3 is 0 Å². The predicted octanol–water partition coefficient (Wildman–Crippen LogP) is 4.88. The van der Waals surface area contributed by atoms with Crippen molar-refractivity contribution in [1.29, 1.82) is 5.41 Å². The molecule has 2 fully saturated rings. The molecule has 0 aliphatic carbocycles. The maximum absolute atomic E-state index is 8.60. The van der Waals surface area contributed by atoms with Gasteiger partial charge in [0.15, 0.2) is 11.5 Å². The van der Waals surface area contributed by atoms with Crippen molar-refractivity contribution in [3.05, 3.63) is 48.0 Å². The Morgan fingerprint density at radius 2 is 1.72 bits per heavy atom. The molecule has 2 bridgehead atoms. The number of fused-ring (bicyclic) bond motifs is 4. The molecule has 3 aliphatic rings. The van der Waals surface area contributed by atoms with Crippen LogP contribution in [0.4, 0.5) is 11.4 Å². The molecule has 3 aliphatic heterocycles. The summed E-state index contributed by atoms with van der Waals surface area (Å²) >= 11 is 0. The van der Waals surface area contributed by atoms with Crippen molar-refractivity contribution < 1.29 is 4.74 Å². The first-order chi connectivity index (χ1) is 14.2. The molecule has 2 unspecified atom stereocenters. The number of amidine groups is 1. The van der Waals surface area contributed by atoms with Crippen LogP contribution in [0.1, 0.15) is 45.1 Å². The van der Waals surface area contributed by atoms with Gasteiger partial charge in [-0.2, -0.15) is 0 Å². The number of benzene rings is 2. The highest BCUT2D eigenvalue weighted by atomic mass is 16.5. The Morgan fingerprint density at radius 3 is 2.45 bits per heavy atom. The number of nitrogens with one attached hydrogen (secondary N) is 2. The molecule has 29 heavy (non-hydrogen) atoms. The van der Waals surface area contributed by atoms with Crippen molar-refractivity contribution >= 4 is 17.2 Å². The number of hydrogen-bond acceptors (Lipinski definition) is 4. The largest absolute Gasteiger partial charge is 0.453 e. The standard InChI is InChI=1S/C24H30N4O/c1-3-27(4-2)24(25)16-9-12-21-23(13-16)29-22-8-6-5-7-20(22)28(21)19-14-17-10-11-18(15-19)26-17/h5-9,12-13,17-19,25-26H,3-4,10-11,14-15H2,1-2H3. The van der Waals surface area contributed by atoms with Crippen LogP contribution in [0.3, 0.4) is 0 Å². The molecule has 2 aromatic rings. The van der Waals surface area contributed by atoms with Gasteiger partial charge in [0.05, 0.1) is 11.4 Å². The Bertz CT molecular complexity index is 911. The van der Waals surface area contributed by atoms with Crippen molar-refractivity contribution in [2.75, 3.05) is 18.0 Å². The highest BCUT2D eigenvalue weighted by Gasteiger charge is 2.39. The van der Waals surface area contributed by atoms with Gasteiger partial charge in [0, 0.05) is 36.8 Å². The molecule has 0 radical (unpaired) electrons. The van der Waals surface area contributed by atoms with Gasteiger partial charge in [-0.3, -0.25) is 5.41 Å². The van der Waals surface area contributed by atoms with Gasteiger partial charge in [0.25, 0.3) is 0 Å². The summed E-state index contributed by atoms with van der Waals surface area (Å²) in [6.07, 6.45) is 4.92. The van der Waals surface area contributed by atoms with E-state index in [1.54, 1.807) is 0 Å². The third-order valence-electron chi connectivity index (χ3n) is 6.73. The zero-order valence-electron chi connectivity index (χ0n) is 17.3. The molecule has 152 valence electrons. The van der Waals surface area contributed by atoms with E-state index < -0.39 is 0 Å². The number of nitrogens with zero attached hydrogens (tertiary/aromatic N) is 2. The van der Waals surface area contributed by atoms with Crippen molar-refractivity contribution in [3.8, 4) is 11.5 Å². The Labute approximate surface area is 173 Å². The molecular weight excluding hydrogens is 360 g/mol. The van der Waals surface area contributed by atoms with Crippen molar-refractivity contribution in [2.45, 2.75) is 57.7 Å². The predicted molar refractivity (Wildman–Crippen MR) is 118 cm³/mol. The van der Waals surface area contributed by atoms with Crippen molar-refractivity contribution in [1.82, 2.24) is 10.2 Å². The summed E-state index contributed by atoms with van der Waals surface area (Å²) in [4.78, 5) is 4.58. The lowest BCUT2D eigenvalue weighted by Gasteiger charge is -2.42. The summed E-state index contributed by atoms with van der Waals surface area (Å²) in [5.41, 5.74) is 3.21. The van der Waals surface area contributed by atoms with Crippen molar-refractivity contribution in [3.63, 3.8) is 0 Å². The quantitative estimate of drug-likeness (QED) is 0.577. The zero-order chi connectivity index (χ0) is 20.0. The van der Waals surface area contributed by atoms with Gasteiger partial charge in [-0.15, -0.1) is 0 Å². The van der Waals surface area contributed by atoms with E-state index in [0.717, 1.165) is 41.5 Å². The fourth-order valence-corrected chi connectivity index (χ4v) is 5.29. The van der Waals surface area contributed by atoms with Gasteiger partial charge < -0.3 is 19.9 Å². The smallest absolute Gasteiger partial charge is 0.151 e. The molecule has 0 spiro atoms. The molecule has 2 saturated heterocycles. The van der Waals surface area contributed by atoms with Crippen LogP contribution in [0.25, 0.3) is 0 Å². The summed E-state index contributed by atoms with van der Waals surface area (Å²) in [7, 11) is 0. The van der Waals surface area contributed by atoms with Crippen LogP contribution < -0.4 is 15.0 Å². The zero-order valence-corrected chi connectivity index (χ0v) is 17.3. The summed E-state index contributed by atoms with van der Waals surface area (Å²) in [6.45, 7) is 5.85. The molecule has 5 nitrogen and oxygen atoms in total. The fourth-order valence-electron chi connectivity index (χ4n) is 5.29. The van der Waals surface area contributed by atoms with Gasteiger partial charge in [0.2, 0.25) is 0 Å². The lowest BCUT2D eigenvalue weighted by Crippen LogP contribution is -2.47. The fraction of sp³-hybridized carbons (Fsp3) is 0.458. The molecule has 0 saturated carbocycles. The molecule has 5 rings (SSSR count). The molecule has 2 N–H and O–H groups in total. The van der Waals surface area contributed by atoms with E-state index >= 15 is 0 Å². The van der Waals surface area contributed by atoms with E-state index in [9.17, 15) is 0 Å². The Hall–Kier alpha value is -2.53. The number of hydrogen-bond donors (Lipinski definition) is 2. The van der Waals surface area contributed by atoms with Crippen LogP contribution in [0.2, 0.25) is 0 Å². The minimum atomic E-state index is 0.477. The Kier molecular flexibility index (Phi) is 4.70. The summed E-state index contributed by atoms with van der Waals surface area (Å²) in [5.74, 6) is 2.34. The number of ether oxygens (including phenoxy) is 1. The SMILES string of the molecule is CCN(CC)C(=N)c1ccc2c(c1)Oc1ccccc1N2C1CC2CCC(C1)N2. The van der Waals surface area contributed by atoms with E-state index in [0.29, 0.717) is 24.0 Å². The van der Waals surface area contributed by atoms with E-state index in [1.807, 2.05) is 6.07 Å². The molecule has 5 heteroatoms. The third-order valence-corrected chi connectivity index (χ3v) is 6.73. The summed E-state index contributed by atoms with van der Waals surface area (Å²) in [5, 5.41) is 12.4. The maximum Gasteiger partial charge on any atom is 0.151 e. The van der Waals surface area contributed by atoms with Crippen LogP contribution in [0, 0.1) is 5.41 Å². The first kappa shape index (κ1) is 18.5. The normalized spacial score (nSPS) is 24.5. The summed E-state index contributed by atoms with van der Waals surface area (Å²) in [6, 6.07) is 16.4. The molecule has 2 aromatic carbocycles. The third kappa shape index (κ3) is 3.18. The number of rotatable bonds is 4. The topological polar surface area (TPSA) is 51.6 Å². The molecule has 0 amide bonds.